The van der Waals surface area contributed by atoms with Crippen molar-refractivity contribution in [2.24, 2.45) is 0 Å². The molecule has 0 unspecified atom stereocenters. The summed E-state index contributed by atoms with van der Waals surface area (Å²) in [5.74, 6) is -0.888. The van der Waals surface area contributed by atoms with Crippen LogP contribution in [0.2, 0.25) is 0 Å². The molecule has 0 amide bonds. The monoisotopic (exact) mass is 484 g/mol. The molecule has 0 aliphatic heterocycles. The van der Waals surface area contributed by atoms with Gasteiger partial charge < -0.3 is 0 Å². The van der Waals surface area contributed by atoms with E-state index in [0.717, 1.165) is 12.1 Å². The number of hydrogen-bond acceptors (Lipinski definition) is 2. The molecule has 132 valence electrons. The van der Waals surface area contributed by atoms with Gasteiger partial charge in [0.2, 0.25) is 0 Å². The van der Waals surface area contributed by atoms with Crippen LogP contribution in [0.3, 0.4) is 0 Å². The first-order valence-electron chi connectivity index (χ1n) is 6.50. The van der Waals surface area contributed by atoms with Gasteiger partial charge in [-0.2, -0.15) is 0 Å². The molecule has 0 saturated carbocycles. The van der Waals surface area contributed by atoms with E-state index in [2.05, 4.69) is 0 Å². The molecule has 0 aliphatic carbocycles. The van der Waals surface area contributed by atoms with Crippen LogP contribution in [-0.4, -0.2) is 56.3 Å². The molecule has 0 aliphatic rings. The van der Waals surface area contributed by atoms with Gasteiger partial charge in [0, 0.05) is 0 Å². The van der Waals surface area contributed by atoms with Crippen molar-refractivity contribution in [3.05, 3.63) is 47.5 Å². The number of hydrogen-bond donors (Lipinski definition) is 2. The molecule has 0 saturated heterocycles. The van der Waals surface area contributed by atoms with Gasteiger partial charge >= 0.3 is 156 Å². The van der Waals surface area contributed by atoms with Crippen LogP contribution in [0.1, 0.15) is 11.1 Å². The number of alkyl halides is 6. The van der Waals surface area contributed by atoms with Crippen molar-refractivity contribution in [2.45, 2.75) is 17.8 Å². The average molecular weight is 484 g/mol. The van der Waals surface area contributed by atoms with Gasteiger partial charge in [-0.05, 0) is 0 Å². The van der Waals surface area contributed by atoms with Crippen LogP contribution < -0.4 is 8.70 Å². The Hall–Kier alpha value is -1.26. The molecule has 0 fully saturated rings. The molecule has 0 aromatic heterocycles. The van der Waals surface area contributed by atoms with E-state index in [0.29, 0.717) is 24.3 Å². The summed E-state index contributed by atoms with van der Waals surface area (Å²) in [6, 6.07) is 3.99. The Kier molecular flexibility index (Phi) is 5.19. The molecule has 2 nitrogen and oxygen atoms in total. The van der Waals surface area contributed by atoms with Gasteiger partial charge in [0.1, 0.15) is 0 Å². The zero-order valence-electron chi connectivity index (χ0n) is 12.0. The van der Waals surface area contributed by atoms with Crippen LogP contribution in [-0.2, 0) is 5.41 Å². The van der Waals surface area contributed by atoms with Crippen LogP contribution in [0.5, 0.6) is 11.5 Å². The molecule has 10 heteroatoms. The summed E-state index contributed by atoms with van der Waals surface area (Å²) in [6.45, 7) is 0. The van der Waals surface area contributed by atoms with Crippen molar-refractivity contribution in [1.82, 2.24) is 0 Å². The minimum atomic E-state index is -5.72. The van der Waals surface area contributed by atoms with Crippen molar-refractivity contribution in [2.75, 3.05) is 0 Å². The summed E-state index contributed by atoms with van der Waals surface area (Å²) in [7, 11) is 0. The van der Waals surface area contributed by atoms with Crippen LogP contribution >= 0.6 is 0 Å². The SMILES string of the molecule is Oc1ccc(C(c2ccc(O)c([As])c2)(C(F)(F)F)C(F)(F)F)cc1[As]. The van der Waals surface area contributed by atoms with Gasteiger partial charge in [-0.1, -0.05) is 0 Å². The molecular formula is C15H8As2F6O2. The maximum absolute atomic E-state index is 13.9. The Morgan fingerprint density at radius 3 is 1.20 bits per heavy atom. The van der Waals surface area contributed by atoms with E-state index in [1.54, 1.807) is 33.7 Å². The molecule has 2 aromatic carbocycles. The fourth-order valence-corrected chi connectivity index (χ4v) is 3.39. The van der Waals surface area contributed by atoms with E-state index in [-0.39, 0.29) is 8.70 Å². The Labute approximate surface area is 155 Å². The maximum atomic E-state index is 13.9. The molecule has 0 atom stereocenters. The third-order valence-electron chi connectivity index (χ3n) is 3.67. The van der Waals surface area contributed by atoms with Gasteiger partial charge in [0.15, 0.2) is 0 Å². The van der Waals surface area contributed by atoms with E-state index in [1.807, 2.05) is 0 Å². The van der Waals surface area contributed by atoms with E-state index < -0.39 is 40.4 Å². The van der Waals surface area contributed by atoms with Gasteiger partial charge in [0.05, 0.1) is 0 Å². The molecule has 4 radical (unpaired) electrons. The van der Waals surface area contributed by atoms with Crippen molar-refractivity contribution in [3.63, 3.8) is 0 Å². The van der Waals surface area contributed by atoms with E-state index in [1.165, 1.54) is 0 Å². The second-order valence-corrected chi connectivity index (χ2v) is 7.17. The normalized spacial score (nSPS) is 13.1. The number of benzene rings is 2. The van der Waals surface area contributed by atoms with Crippen LogP contribution in [0, 0.1) is 0 Å². The predicted molar refractivity (Wildman–Crippen MR) is 79.9 cm³/mol. The molecule has 2 N–H and O–H groups in total. The minimum absolute atomic E-state index is 0.186. The molecule has 25 heavy (non-hydrogen) atoms. The second-order valence-electron chi connectivity index (χ2n) is 5.15. The van der Waals surface area contributed by atoms with E-state index in [9.17, 15) is 36.6 Å². The second kappa shape index (κ2) is 6.47. The predicted octanol–water partition coefficient (Wildman–Crippen LogP) is 2.10. The first-order valence-corrected chi connectivity index (χ1v) is 8.38. The van der Waals surface area contributed by atoms with Crippen molar-refractivity contribution in [1.29, 1.82) is 0 Å². The number of rotatable bonds is 2. The molecule has 0 heterocycles. The Morgan fingerprint density at radius 2 is 0.960 bits per heavy atom. The molecule has 0 bridgehead atoms. The summed E-state index contributed by atoms with van der Waals surface area (Å²) in [4.78, 5) is 0. The van der Waals surface area contributed by atoms with Crippen molar-refractivity contribution < 1.29 is 36.6 Å². The molecule has 2 rings (SSSR count). The van der Waals surface area contributed by atoms with Crippen molar-refractivity contribution in [3.8, 4) is 11.5 Å². The summed E-state index contributed by atoms with van der Waals surface area (Å²) in [5.41, 5.74) is -6.48. The first-order chi connectivity index (χ1) is 11.3. The average Bonchev–Trinajstić information content (AvgIpc) is 2.44. The quantitative estimate of drug-likeness (QED) is 0.507. The number of aromatic hydroxyl groups is 2. The molecular weight excluding hydrogens is 476 g/mol. The molecule has 0 spiro atoms. The summed E-state index contributed by atoms with van der Waals surface area (Å²) in [5, 5.41) is 18.9. The first kappa shape index (κ1) is 20.1. The van der Waals surface area contributed by atoms with Crippen LogP contribution in [0.25, 0.3) is 0 Å². The number of phenols is 2. The Bertz CT molecular complexity index is 734. The van der Waals surface area contributed by atoms with Gasteiger partial charge in [-0.15, -0.1) is 0 Å². The Balaban J connectivity index is 2.96. The zero-order chi connectivity index (χ0) is 19.2. The summed E-state index contributed by atoms with van der Waals surface area (Å²) >= 11 is 3.43. The van der Waals surface area contributed by atoms with Gasteiger partial charge in [-0.25, -0.2) is 0 Å². The number of phenolic OH excluding ortho intramolecular Hbond substituents is 2. The number of halogens is 6. The topological polar surface area (TPSA) is 40.5 Å². The van der Waals surface area contributed by atoms with E-state index >= 15 is 0 Å². The summed E-state index contributed by atoms with van der Waals surface area (Å²) in [6.07, 6.45) is -11.4. The fraction of sp³-hybridized carbons (Fsp3) is 0.200. The summed E-state index contributed by atoms with van der Waals surface area (Å²) < 4.78 is 82.7. The molecule has 2 aromatic rings. The standard InChI is InChI=1S/C15H8As2F6O2/c16-9-5-7(1-3-11(9)24)13(14(18,19)20,15(21,22)23)8-2-4-12(25)10(17)6-8/h1-6,24-25H. The van der Waals surface area contributed by atoms with Crippen LogP contribution in [0.4, 0.5) is 26.3 Å². The zero-order valence-corrected chi connectivity index (χ0v) is 15.8. The third kappa shape index (κ3) is 3.26. The Morgan fingerprint density at radius 1 is 0.640 bits per heavy atom. The third-order valence-corrected chi connectivity index (χ3v) is 5.17. The fourth-order valence-electron chi connectivity index (χ4n) is 2.50. The van der Waals surface area contributed by atoms with Crippen molar-refractivity contribution >= 4 is 42.4 Å². The van der Waals surface area contributed by atoms with Crippen LogP contribution in [0.15, 0.2) is 36.4 Å². The van der Waals surface area contributed by atoms with Gasteiger partial charge in [0.25, 0.3) is 0 Å². The van der Waals surface area contributed by atoms with Gasteiger partial charge in [-0.3, -0.25) is 0 Å². The van der Waals surface area contributed by atoms with E-state index in [4.69, 9.17) is 0 Å².